The van der Waals surface area contributed by atoms with E-state index in [2.05, 4.69) is 12.1 Å². The van der Waals surface area contributed by atoms with Gasteiger partial charge in [-0.05, 0) is 103 Å². The molecule has 2 aliphatic carbocycles. The Kier molecular flexibility index (Phi) is 8.16. The van der Waals surface area contributed by atoms with E-state index in [1.807, 2.05) is 18.2 Å². The zero-order valence-electron chi connectivity index (χ0n) is 24.8. The Labute approximate surface area is 280 Å². The number of esters is 2. The minimum Gasteiger partial charge on any atom is -0.454 e. The van der Waals surface area contributed by atoms with Gasteiger partial charge in [0.2, 0.25) is 11.8 Å². The molecule has 5 unspecified atom stereocenters. The number of anilines is 1. The van der Waals surface area contributed by atoms with Crippen LogP contribution in [-0.4, -0.2) is 36.1 Å². The zero-order chi connectivity index (χ0) is 32.8. The van der Waals surface area contributed by atoms with Crippen LogP contribution in [0.25, 0.3) is 0 Å². The van der Waals surface area contributed by atoms with Crippen LogP contribution in [0.5, 0.6) is 5.75 Å². The van der Waals surface area contributed by atoms with Crippen LogP contribution in [0.4, 0.5) is 5.69 Å². The number of ketones is 1. The summed E-state index contributed by atoms with van der Waals surface area (Å²) < 4.78 is 10.6. The fraction of sp³-hybridized carbons (Fsp3) is 0.216. The van der Waals surface area contributed by atoms with Crippen molar-refractivity contribution in [2.75, 3.05) is 11.5 Å². The van der Waals surface area contributed by atoms with Crippen molar-refractivity contribution in [3.63, 3.8) is 0 Å². The molecule has 0 spiro atoms. The Bertz CT molecular complexity index is 1910. The topological polar surface area (TPSA) is 107 Å². The molecule has 2 bridgehead atoms. The van der Waals surface area contributed by atoms with Crippen molar-refractivity contribution in [2.24, 2.45) is 23.7 Å². The molecular weight excluding hydrogens is 641 g/mol. The van der Waals surface area contributed by atoms with Crippen LogP contribution in [-0.2, 0) is 14.3 Å². The number of carbonyl (C=O) groups is 5. The minimum absolute atomic E-state index is 0.139. The van der Waals surface area contributed by atoms with Gasteiger partial charge in [-0.1, -0.05) is 53.5 Å². The summed E-state index contributed by atoms with van der Waals surface area (Å²) in [5, 5.41) is 0.531. The first-order valence-electron chi connectivity index (χ1n) is 15.2. The van der Waals surface area contributed by atoms with E-state index in [0.29, 0.717) is 10.7 Å². The maximum atomic E-state index is 13.6. The number of halogens is 2. The SMILES string of the molecule is O=C(COC(=O)c1ccc(N2C(=O)C3C4CC(c5ccccc5)C(C4)C3C2=O)cc1)c1ccc(OC(=O)c2ccc(Cl)cc2Cl)cc1. The standard InChI is InChI=1S/C37H27Cl2NO7/c38-24-10-15-27(30(39)18-24)37(45)47-26-13-8-21(9-14-26)31(41)19-46-36(44)22-6-11-25(12-7-22)40-34(42)32-23-16-28(20-4-2-1-3-5-20)29(17-23)33(32)35(40)43/h1-15,18,23,28-29,32-33H,16-17,19H2. The van der Waals surface area contributed by atoms with Crippen molar-refractivity contribution in [3.8, 4) is 5.75 Å². The largest absolute Gasteiger partial charge is 0.454 e. The van der Waals surface area contributed by atoms with Crippen molar-refractivity contribution in [3.05, 3.63) is 129 Å². The summed E-state index contributed by atoms with van der Waals surface area (Å²) in [7, 11) is 0. The maximum Gasteiger partial charge on any atom is 0.345 e. The van der Waals surface area contributed by atoms with Gasteiger partial charge in [-0.3, -0.25) is 19.3 Å². The number of hydrogen-bond acceptors (Lipinski definition) is 7. The molecule has 5 atom stereocenters. The lowest BCUT2D eigenvalue weighted by molar-refractivity contribution is -0.123. The third kappa shape index (κ3) is 5.72. The highest BCUT2D eigenvalue weighted by atomic mass is 35.5. The molecule has 3 aliphatic rings. The van der Waals surface area contributed by atoms with Crippen molar-refractivity contribution in [2.45, 2.75) is 18.8 Å². The molecule has 47 heavy (non-hydrogen) atoms. The zero-order valence-corrected chi connectivity index (χ0v) is 26.3. The minimum atomic E-state index is -0.727. The molecule has 2 amide bonds. The lowest BCUT2D eigenvalue weighted by atomic mass is 9.73. The van der Waals surface area contributed by atoms with Crippen molar-refractivity contribution >= 4 is 58.4 Å². The van der Waals surface area contributed by atoms with Gasteiger partial charge in [0.25, 0.3) is 0 Å². The summed E-state index contributed by atoms with van der Waals surface area (Å²) in [5.74, 6) is -2.06. The van der Waals surface area contributed by atoms with E-state index in [1.54, 1.807) is 12.1 Å². The molecule has 1 aliphatic heterocycles. The van der Waals surface area contributed by atoms with Crippen LogP contribution in [0.3, 0.4) is 0 Å². The Morgan fingerprint density at radius 3 is 2.13 bits per heavy atom. The summed E-state index contributed by atoms with van der Waals surface area (Å²) in [4.78, 5) is 66.2. The second kappa shape index (κ2) is 12.4. The van der Waals surface area contributed by atoms with Gasteiger partial charge in [-0.15, -0.1) is 0 Å². The van der Waals surface area contributed by atoms with Gasteiger partial charge in [0.15, 0.2) is 12.4 Å². The monoisotopic (exact) mass is 667 g/mol. The molecule has 1 saturated heterocycles. The van der Waals surface area contributed by atoms with Gasteiger partial charge < -0.3 is 9.47 Å². The van der Waals surface area contributed by atoms with Gasteiger partial charge in [-0.25, -0.2) is 9.59 Å². The average Bonchev–Trinajstić information content (AvgIpc) is 3.75. The first kappa shape index (κ1) is 30.8. The fourth-order valence-electron chi connectivity index (χ4n) is 7.37. The third-order valence-corrected chi connectivity index (χ3v) is 10.0. The van der Waals surface area contributed by atoms with E-state index in [0.717, 1.165) is 12.8 Å². The van der Waals surface area contributed by atoms with Crippen molar-refractivity contribution in [1.82, 2.24) is 0 Å². The third-order valence-electron chi connectivity index (χ3n) is 9.48. The number of rotatable bonds is 8. The number of hydrogen-bond donors (Lipinski definition) is 0. The highest BCUT2D eigenvalue weighted by molar-refractivity contribution is 6.36. The number of imide groups is 1. The Hall–Kier alpha value is -4.79. The Balaban J connectivity index is 0.946. The Morgan fingerprint density at radius 1 is 0.745 bits per heavy atom. The molecule has 0 N–H and O–H groups in total. The van der Waals surface area contributed by atoms with Gasteiger partial charge in [0, 0.05) is 10.6 Å². The van der Waals surface area contributed by atoms with Gasteiger partial charge >= 0.3 is 11.9 Å². The van der Waals surface area contributed by atoms with E-state index in [-0.39, 0.29) is 68.9 Å². The highest BCUT2D eigenvalue weighted by Gasteiger charge is 2.64. The first-order chi connectivity index (χ1) is 22.7. The quantitative estimate of drug-likeness (QED) is 0.0848. The maximum absolute atomic E-state index is 13.6. The molecule has 7 rings (SSSR count). The van der Waals surface area contributed by atoms with Gasteiger partial charge in [0.1, 0.15) is 5.75 Å². The Morgan fingerprint density at radius 2 is 1.43 bits per heavy atom. The molecule has 2 saturated carbocycles. The second-order valence-corrected chi connectivity index (χ2v) is 12.9. The lowest BCUT2D eigenvalue weighted by Crippen LogP contribution is -2.33. The molecule has 4 aromatic rings. The van der Waals surface area contributed by atoms with Crippen molar-refractivity contribution < 1.29 is 33.4 Å². The molecular formula is C37H27Cl2NO7. The van der Waals surface area contributed by atoms with E-state index in [4.69, 9.17) is 32.7 Å². The summed E-state index contributed by atoms with van der Waals surface area (Å²) >= 11 is 11.9. The number of carbonyl (C=O) groups excluding carboxylic acids is 5. The molecule has 1 heterocycles. The van der Waals surface area contributed by atoms with Gasteiger partial charge in [-0.2, -0.15) is 0 Å². The molecule has 10 heteroatoms. The number of benzene rings is 4. The molecule has 0 aromatic heterocycles. The number of ether oxygens (including phenoxy) is 2. The van der Waals surface area contributed by atoms with Crippen LogP contribution < -0.4 is 9.64 Å². The molecule has 4 aromatic carbocycles. The summed E-state index contributed by atoms with van der Waals surface area (Å²) in [6, 6.07) is 26.5. The number of nitrogens with zero attached hydrogens (tertiary/aromatic N) is 1. The fourth-order valence-corrected chi connectivity index (χ4v) is 7.85. The van der Waals surface area contributed by atoms with Crippen LogP contribution in [0.2, 0.25) is 10.0 Å². The molecule has 0 radical (unpaired) electrons. The summed E-state index contributed by atoms with van der Waals surface area (Å²) in [6.07, 6.45) is 1.80. The second-order valence-electron chi connectivity index (χ2n) is 12.1. The molecule has 8 nitrogen and oxygen atoms in total. The van der Waals surface area contributed by atoms with E-state index in [1.165, 1.54) is 65.1 Å². The first-order valence-corrected chi connectivity index (χ1v) is 16.0. The van der Waals surface area contributed by atoms with Gasteiger partial charge in [0.05, 0.1) is 33.7 Å². The van der Waals surface area contributed by atoms with Crippen LogP contribution >= 0.6 is 23.2 Å². The molecule has 3 fully saturated rings. The number of fused-ring (bicyclic) bond motifs is 5. The predicted octanol–water partition coefficient (Wildman–Crippen LogP) is 7.18. The van der Waals surface area contributed by atoms with Crippen LogP contribution in [0.1, 0.15) is 55.4 Å². The smallest absolute Gasteiger partial charge is 0.345 e. The highest BCUT2D eigenvalue weighted by Crippen LogP contribution is 2.61. The molecule has 236 valence electrons. The average molecular weight is 669 g/mol. The van der Waals surface area contributed by atoms with E-state index < -0.39 is 24.3 Å². The van der Waals surface area contributed by atoms with E-state index in [9.17, 15) is 24.0 Å². The van der Waals surface area contributed by atoms with Crippen LogP contribution in [0, 0.1) is 23.7 Å². The summed E-state index contributed by atoms with van der Waals surface area (Å²) in [5.41, 5.74) is 2.20. The van der Waals surface area contributed by atoms with Crippen molar-refractivity contribution in [1.29, 1.82) is 0 Å². The number of amides is 2. The normalized spacial score (nSPS) is 22.7. The predicted molar refractivity (Wildman–Crippen MR) is 174 cm³/mol. The van der Waals surface area contributed by atoms with Crippen LogP contribution in [0.15, 0.2) is 97.1 Å². The van der Waals surface area contributed by atoms with E-state index >= 15 is 0 Å². The lowest BCUT2D eigenvalue weighted by Gasteiger charge is -2.28. The number of Topliss-reactive ketones (excluding diaryl/α,β-unsaturated/α-hetero) is 1. The summed E-state index contributed by atoms with van der Waals surface area (Å²) in [6.45, 7) is -0.516.